The van der Waals surface area contributed by atoms with Crippen molar-refractivity contribution in [3.05, 3.63) is 35.7 Å². The molecule has 0 atom stereocenters. The van der Waals surface area contributed by atoms with E-state index < -0.39 is 0 Å². The van der Waals surface area contributed by atoms with E-state index in [4.69, 9.17) is 4.74 Å². The molecule has 0 amide bonds. The summed E-state index contributed by atoms with van der Waals surface area (Å²) in [6.45, 7) is 2.74. The number of para-hydroxylation sites is 2. The van der Waals surface area contributed by atoms with Gasteiger partial charge in [-0.05, 0) is 31.4 Å². The van der Waals surface area contributed by atoms with E-state index in [-0.39, 0.29) is 0 Å². The molecule has 1 saturated carbocycles. The topological polar surface area (TPSA) is 63.7 Å². The third-order valence-electron chi connectivity index (χ3n) is 3.86. The summed E-state index contributed by atoms with van der Waals surface area (Å²) in [4.78, 5) is 0. The van der Waals surface area contributed by atoms with E-state index in [1.54, 1.807) is 4.68 Å². The Morgan fingerprint density at radius 1 is 1.38 bits per heavy atom. The van der Waals surface area contributed by atoms with Gasteiger partial charge in [0.15, 0.2) is 5.69 Å². The Hall–Kier alpha value is -2.35. The first-order valence-electron chi connectivity index (χ1n) is 7.43. The maximum absolute atomic E-state index is 9.26. The molecular formula is C16H18N4O. The molecule has 1 aromatic carbocycles. The highest BCUT2D eigenvalue weighted by Crippen LogP contribution is 2.39. The molecule has 108 valence electrons. The van der Waals surface area contributed by atoms with Crippen LogP contribution < -0.4 is 4.74 Å². The molecule has 1 fully saturated rings. The van der Waals surface area contributed by atoms with Crippen LogP contribution in [0.15, 0.2) is 24.3 Å². The van der Waals surface area contributed by atoms with Gasteiger partial charge in [0, 0.05) is 5.92 Å². The van der Waals surface area contributed by atoms with Gasteiger partial charge in [-0.15, -0.1) is 5.10 Å². The molecule has 0 saturated heterocycles. The Labute approximate surface area is 124 Å². The zero-order chi connectivity index (χ0) is 14.7. The van der Waals surface area contributed by atoms with Crippen molar-refractivity contribution in [1.29, 1.82) is 5.26 Å². The summed E-state index contributed by atoms with van der Waals surface area (Å²) < 4.78 is 7.58. The monoisotopic (exact) mass is 282 g/mol. The van der Waals surface area contributed by atoms with Crippen molar-refractivity contribution < 1.29 is 4.74 Å². The molecule has 0 spiro atoms. The average Bonchev–Trinajstić information content (AvgIpc) is 2.87. The van der Waals surface area contributed by atoms with Crippen LogP contribution in [0.2, 0.25) is 0 Å². The quantitative estimate of drug-likeness (QED) is 0.844. The van der Waals surface area contributed by atoms with Crippen LogP contribution in [-0.2, 0) is 0 Å². The fraction of sp³-hybridized carbons (Fsp3) is 0.438. The highest BCUT2D eigenvalue weighted by Gasteiger charge is 2.29. The summed E-state index contributed by atoms with van der Waals surface area (Å²) >= 11 is 0. The zero-order valence-electron chi connectivity index (χ0n) is 12.1. The summed E-state index contributed by atoms with van der Waals surface area (Å²) in [7, 11) is 0. The molecule has 0 unspecified atom stereocenters. The highest BCUT2D eigenvalue weighted by molar-refractivity contribution is 5.48. The van der Waals surface area contributed by atoms with Gasteiger partial charge in [-0.25, -0.2) is 4.68 Å². The Kier molecular flexibility index (Phi) is 3.87. The molecule has 5 nitrogen and oxygen atoms in total. The minimum absolute atomic E-state index is 0.383. The van der Waals surface area contributed by atoms with Crippen molar-refractivity contribution in [2.24, 2.45) is 0 Å². The second-order valence-corrected chi connectivity index (χ2v) is 5.29. The van der Waals surface area contributed by atoms with Crippen LogP contribution in [0.1, 0.15) is 49.9 Å². The van der Waals surface area contributed by atoms with E-state index in [9.17, 15) is 5.26 Å². The van der Waals surface area contributed by atoms with Gasteiger partial charge in [0.05, 0.1) is 12.3 Å². The van der Waals surface area contributed by atoms with E-state index in [2.05, 4.69) is 23.3 Å². The Balaban J connectivity index is 2.04. The second-order valence-electron chi connectivity index (χ2n) is 5.29. The number of nitriles is 1. The van der Waals surface area contributed by atoms with Gasteiger partial charge in [-0.3, -0.25) is 0 Å². The van der Waals surface area contributed by atoms with Crippen molar-refractivity contribution in [2.45, 2.75) is 38.5 Å². The van der Waals surface area contributed by atoms with Crippen LogP contribution in [0.3, 0.4) is 0 Å². The Morgan fingerprint density at radius 2 is 2.19 bits per heavy atom. The van der Waals surface area contributed by atoms with Gasteiger partial charge >= 0.3 is 0 Å². The lowest BCUT2D eigenvalue weighted by atomic mass is 9.82. The molecule has 0 radical (unpaired) electrons. The molecule has 0 aliphatic heterocycles. The number of hydrogen-bond donors (Lipinski definition) is 0. The maximum atomic E-state index is 9.26. The average molecular weight is 282 g/mol. The molecule has 3 rings (SSSR count). The number of hydrogen-bond acceptors (Lipinski definition) is 4. The molecule has 1 aromatic heterocycles. The van der Waals surface area contributed by atoms with E-state index >= 15 is 0 Å². The van der Waals surface area contributed by atoms with Crippen LogP contribution in [0.5, 0.6) is 5.75 Å². The van der Waals surface area contributed by atoms with E-state index in [1.807, 2.05) is 24.3 Å². The van der Waals surface area contributed by atoms with Crippen molar-refractivity contribution in [1.82, 2.24) is 15.0 Å². The molecule has 5 heteroatoms. The van der Waals surface area contributed by atoms with Crippen molar-refractivity contribution in [3.63, 3.8) is 0 Å². The van der Waals surface area contributed by atoms with E-state index in [0.29, 0.717) is 18.2 Å². The number of ether oxygens (including phenoxy) is 1. The first-order valence-corrected chi connectivity index (χ1v) is 7.43. The van der Waals surface area contributed by atoms with Crippen LogP contribution in [0.4, 0.5) is 0 Å². The molecular weight excluding hydrogens is 264 g/mol. The third-order valence-corrected chi connectivity index (χ3v) is 3.86. The SMILES string of the molecule is CCCOc1ccccc1-n1nnc(C#N)c1C1CCC1. The number of aromatic nitrogens is 3. The lowest BCUT2D eigenvalue weighted by Crippen LogP contribution is -2.16. The predicted octanol–water partition coefficient (Wildman–Crippen LogP) is 3.20. The van der Waals surface area contributed by atoms with E-state index in [0.717, 1.165) is 36.4 Å². The lowest BCUT2D eigenvalue weighted by molar-refractivity contribution is 0.314. The molecule has 0 bridgehead atoms. The molecule has 1 aliphatic carbocycles. The Morgan fingerprint density at radius 3 is 2.86 bits per heavy atom. The normalized spacial score (nSPS) is 14.5. The molecule has 0 N–H and O–H groups in total. The van der Waals surface area contributed by atoms with Gasteiger partial charge in [0.1, 0.15) is 17.5 Å². The van der Waals surface area contributed by atoms with Crippen molar-refractivity contribution >= 4 is 0 Å². The van der Waals surface area contributed by atoms with E-state index in [1.165, 1.54) is 6.42 Å². The van der Waals surface area contributed by atoms with Gasteiger partial charge in [0.2, 0.25) is 0 Å². The highest BCUT2D eigenvalue weighted by atomic mass is 16.5. The first-order chi connectivity index (χ1) is 10.3. The largest absolute Gasteiger partial charge is 0.491 e. The standard InChI is InChI=1S/C16H18N4O/c1-2-10-21-15-9-4-3-8-14(15)20-16(12-6-5-7-12)13(11-17)18-19-20/h3-4,8-9,12H,2,5-7,10H2,1H3. The molecule has 1 heterocycles. The smallest absolute Gasteiger partial charge is 0.186 e. The second kappa shape index (κ2) is 5.96. The minimum atomic E-state index is 0.383. The predicted molar refractivity (Wildman–Crippen MR) is 78.5 cm³/mol. The fourth-order valence-corrected chi connectivity index (χ4v) is 2.56. The summed E-state index contributed by atoms with van der Waals surface area (Å²) in [5.41, 5.74) is 2.23. The summed E-state index contributed by atoms with van der Waals surface area (Å²) in [5, 5.41) is 17.5. The van der Waals surface area contributed by atoms with Gasteiger partial charge < -0.3 is 4.74 Å². The number of benzene rings is 1. The molecule has 1 aliphatic rings. The lowest BCUT2D eigenvalue weighted by Gasteiger charge is -2.26. The third kappa shape index (κ3) is 2.49. The van der Waals surface area contributed by atoms with Crippen LogP contribution in [-0.4, -0.2) is 21.6 Å². The van der Waals surface area contributed by atoms with Crippen molar-refractivity contribution in [3.8, 4) is 17.5 Å². The maximum Gasteiger partial charge on any atom is 0.186 e. The Bertz CT molecular complexity index is 667. The van der Waals surface area contributed by atoms with Crippen LogP contribution in [0.25, 0.3) is 5.69 Å². The summed E-state index contributed by atoms with van der Waals surface area (Å²) in [6, 6.07) is 9.95. The van der Waals surface area contributed by atoms with Gasteiger partial charge in [0.25, 0.3) is 0 Å². The fourth-order valence-electron chi connectivity index (χ4n) is 2.56. The summed E-state index contributed by atoms with van der Waals surface area (Å²) in [6.07, 6.45) is 4.35. The van der Waals surface area contributed by atoms with Crippen LogP contribution in [0, 0.1) is 11.3 Å². The minimum Gasteiger partial charge on any atom is -0.491 e. The van der Waals surface area contributed by atoms with Crippen molar-refractivity contribution in [2.75, 3.05) is 6.61 Å². The zero-order valence-corrected chi connectivity index (χ0v) is 12.1. The summed E-state index contributed by atoms with van der Waals surface area (Å²) in [5.74, 6) is 1.17. The first kappa shape index (κ1) is 13.6. The number of rotatable bonds is 5. The number of nitrogens with zero attached hydrogens (tertiary/aromatic N) is 4. The molecule has 21 heavy (non-hydrogen) atoms. The van der Waals surface area contributed by atoms with Gasteiger partial charge in [-0.2, -0.15) is 5.26 Å². The molecule has 2 aromatic rings. The van der Waals surface area contributed by atoms with Gasteiger partial charge in [-0.1, -0.05) is 30.7 Å². The van der Waals surface area contributed by atoms with Crippen LogP contribution >= 0.6 is 0 Å².